The van der Waals surface area contributed by atoms with Gasteiger partial charge in [0.05, 0.1) is 5.56 Å². The van der Waals surface area contributed by atoms with Crippen LogP contribution in [0.3, 0.4) is 0 Å². The van der Waals surface area contributed by atoms with Crippen molar-refractivity contribution in [2.45, 2.75) is 39.7 Å². The number of amides is 2. The molecule has 8 heteroatoms. The Kier molecular flexibility index (Phi) is 5.50. The maximum Gasteiger partial charge on any atom is 0.339 e. The van der Waals surface area contributed by atoms with Crippen LogP contribution in [0.5, 0.6) is 0 Å². The van der Waals surface area contributed by atoms with E-state index >= 15 is 0 Å². The number of thiophene rings is 1. The van der Waals surface area contributed by atoms with Crippen molar-refractivity contribution in [3.05, 3.63) is 45.8 Å². The minimum atomic E-state index is -1.01. The van der Waals surface area contributed by atoms with Gasteiger partial charge in [-0.15, -0.1) is 11.3 Å². The fourth-order valence-electron chi connectivity index (χ4n) is 3.40. The van der Waals surface area contributed by atoms with Gasteiger partial charge in [0, 0.05) is 17.1 Å². The van der Waals surface area contributed by atoms with Crippen LogP contribution in [0.25, 0.3) is 0 Å². The van der Waals surface area contributed by atoms with E-state index in [0.717, 1.165) is 28.8 Å². The molecular formula is C19H24N4O3S. The average molecular weight is 388 g/mol. The number of aryl methyl sites for hydroxylation is 1. The molecule has 0 spiro atoms. The zero-order valence-electron chi connectivity index (χ0n) is 15.4. The first-order chi connectivity index (χ1) is 12.8. The lowest BCUT2D eigenvalue weighted by atomic mass is 9.76. The molecule has 144 valence electrons. The number of carbonyl (C=O) groups excluding carboxylic acids is 1. The number of anilines is 2. The van der Waals surface area contributed by atoms with Gasteiger partial charge < -0.3 is 10.4 Å². The molecule has 1 aromatic carbocycles. The molecule has 27 heavy (non-hydrogen) atoms. The van der Waals surface area contributed by atoms with Gasteiger partial charge in [-0.05, 0) is 41.9 Å². The monoisotopic (exact) mass is 388 g/mol. The molecule has 0 bridgehead atoms. The van der Waals surface area contributed by atoms with E-state index in [1.54, 1.807) is 6.07 Å². The van der Waals surface area contributed by atoms with E-state index in [2.05, 4.69) is 29.9 Å². The SMILES string of the molecule is CC1(C)CCc2sc(NC(=O)Nc3ccccc3CNN)c(C(=O)O)c2C1. The number of hydrazine groups is 1. The smallest absolute Gasteiger partial charge is 0.339 e. The number of urea groups is 1. The molecule has 2 amide bonds. The normalized spacial score (nSPS) is 15.1. The van der Waals surface area contributed by atoms with Crippen LogP contribution in [0.4, 0.5) is 15.5 Å². The molecule has 2 aromatic rings. The van der Waals surface area contributed by atoms with Crippen LogP contribution in [0.15, 0.2) is 24.3 Å². The second-order valence-corrected chi connectivity index (χ2v) is 8.58. The van der Waals surface area contributed by atoms with E-state index in [0.29, 0.717) is 23.7 Å². The molecule has 0 unspecified atom stereocenters. The summed E-state index contributed by atoms with van der Waals surface area (Å²) in [5, 5.41) is 15.6. The molecule has 0 saturated heterocycles. The second kappa shape index (κ2) is 7.67. The molecule has 0 atom stereocenters. The molecule has 3 rings (SSSR count). The molecule has 1 aromatic heterocycles. The van der Waals surface area contributed by atoms with Crippen molar-refractivity contribution in [3.63, 3.8) is 0 Å². The van der Waals surface area contributed by atoms with Crippen molar-refractivity contribution in [2.24, 2.45) is 11.3 Å². The third-order valence-electron chi connectivity index (χ3n) is 4.77. The summed E-state index contributed by atoms with van der Waals surface area (Å²) in [7, 11) is 0. The Labute approximate surface area is 161 Å². The summed E-state index contributed by atoms with van der Waals surface area (Å²) in [6.07, 6.45) is 2.54. The lowest BCUT2D eigenvalue weighted by Crippen LogP contribution is -2.25. The fraction of sp³-hybridized carbons (Fsp3) is 0.368. The van der Waals surface area contributed by atoms with Crippen LogP contribution in [0.2, 0.25) is 0 Å². The van der Waals surface area contributed by atoms with Gasteiger partial charge in [0.1, 0.15) is 5.00 Å². The number of aromatic carboxylic acids is 1. The maximum atomic E-state index is 12.5. The number of para-hydroxylation sites is 1. The third-order valence-corrected chi connectivity index (χ3v) is 5.98. The Morgan fingerprint density at radius 1 is 1.26 bits per heavy atom. The summed E-state index contributed by atoms with van der Waals surface area (Å²) in [5.74, 6) is 4.37. The van der Waals surface area contributed by atoms with Crippen molar-refractivity contribution in [3.8, 4) is 0 Å². The van der Waals surface area contributed by atoms with E-state index in [1.165, 1.54) is 11.3 Å². The summed E-state index contributed by atoms with van der Waals surface area (Å²) in [6, 6.07) is 6.81. The third kappa shape index (κ3) is 4.29. The van der Waals surface area contributed by atoms with Crippen molar-refractivity contribution in [2.75, 3.05) is 10.6 Å². The Hall–Kier alpha value is -2.42. The molecule has 1 aliphatic carbocycles. The summed E-state index contributed by atoms with van der Waals surface area (Å²) in [6.45, 7) is 4.68. The van der Waals surface area contributed by atoms with E-state index in [4.69, 9.17) is 5.84 Å². The molecule has 1 heterocycles. The highest BCUT2D eigenvalue weighted by molar-refractivity contribution is 7.17. The molecule has 6 N–H and O–H groups in total. The molecule has 0 fully saturated rings. The van der Waals surface area contributed by atoms with Crippen molar-refractivity contribution in [1.29, 1.82) is 0 Å². The van der Waals surface area contributed by atoms with E-state index < -0.39 is 12.0 Å². The number of carbonyl (C=O) groups is 2. The van der Waals surface area contributed by atoms with Crippen LogP contribution < -0.4 is 21.9 Å². The number of hydrogen-bond acceptors (Lipinski definition) is 5. The Balaban J connectivity index is 1.83. The first kappa shape index (κ1) is 19.3. The minimum Gasteiger partial charge on any atom is -0.478 e. The molecule has 0 saturated carbocycles. The zero-order valence-corrected chi connectivity index (χ0v) is 16.2. The van der Waals surface area contributed by atoms with E-state index in [1.807, 2.05) is 18.2 Å². The summed E-state index contributed by atoms with van der Waals surface area (Å²) in [4.78, 5) is 25.4. The first-order valence-electron chi connectivity index (χ1n) is 8.78. The quantitative estimate of drug-likeness (QED) is 0.397. The molecular weight excluding hydrogens is 364 g/mol. The van der Waals surface area contributed by atoms with Gasteiger partial charge in [-0.1, -0.05) is 32.0 Å². The van der Waals surface area contributed by atoms with Gasteiger partial charge in [0.15, 0.2) is 0 Å². The van der Waals surface area contributed by atoms with Gasteiger partial charge >= 0.3 is 12.0 Å². The number of nitrogens with two attached hydrogens (primary N) is 1. The highest BCUT2D eigenvalue weighted by atomic mass is 32.1. The molecule has 7 nitrogen and oxygen atoms in total. The Bertz CT molecular complexity index is 876. The Morgan fingerprint density at radius 2 is 2.00 bits per heavy atom. The largest absolute Gasteiger partial charge is 0.478 e. The maximum absolute atomic E-state index is 12.5. The highest BCUT2D eigenvalue weighted by Crippen LogP contribution is 2.43. The lowest BCUT2D eigenvalue weighted by Gasteiger charge is -2.29. The number of benzene rings is 1. The van der Waals surface area contributed by atoms with E-state index in [-0.39, 0.29) is 11.0 Å². The van der Waals surface area contributed by atoms with Crippen molar-refractivity contribution >= 4 is 34.0 Å². The fourth-order valence-corrected chi connectivity index (χ4v) is 4.60. The first-order valence-corrected chi connectivity index (χ1v) is 9.59. The number of hydrogen-bond donors (Lipinski definition) is 5. The average Bonchev–Trinajstić information content (AvgIpc) is 2.92. The Morgan fingerprint density at radius 3 is 2.70 bits per heavy atom. The number of carboxylic acid groups (broad SMARTS) is 1. The lowest BCUT2D eigenvalue weighted by molar-refractivity contribution is 0.0696. The van der Waals surface area contributed by atoms with Gasteiger partial charge in [0.25, 0.3) is 0 Å². The van der Waals surface area contributed by atoms with Crippen molar-refractivity contribution < 1.29 is 14.7 Å². The zero-order chi connectivity index (χ0) is 19.6. The van der Waals surface area contributed by atoms with Crippen LogP contribution in [0.1, 0.15) is 46.6 Å². The minimum absolute atomic E-state index is 0.0615. The van der Waals surface area contributed by atoms with Crippen LogP contribution in [-0.4, -0.2) is 17.1 Å². The summed E-state index contributed by atoms with van der Waals surface area (Å²) in [5.41, 5.74) is 5.15. The van der Waals surface area contributed by atoms with Crippen molar-refractivity contribution in [1.82, 2.24) is 5.43 Å². The second-order valence-electron chi connectivity index (χ2n) is 7.47. The number of fused-ring (bicyclic) bond motifs is 1. The van der Waals surface area contributed by atoms with E-state index in [9.17, 15) is 14.7 Å². The summed E-state index contributed by atoms with van der Waals surface area (Å²) < 4.78 is 0. The molecule has 0 radical (unpaired) electrons. The van der Waals surface area contributed by atoms with Gasteiger partial charge in [0.2, 0.25) is 0 Å². The number of rotatable bonds is 5. The number of carboxylic acids is 1. The highest BCUT2D eigenvalue weighted by Gasteiger charge is 2.33. The van der Waals surface area contributed by atoms with Crippen LogP contribution in [-0.2, 0) is 19.4 Å². The predicted molar refractivity (Wildman–Crippen MR) is 107 cm³/mol. The molecule has 1 aliphatic rings. The van der Waals surface area contributed by atoms with Gasteiger partial charge in [-0.3, -0.25) is 16.6 Å². The standard InChI is InChI=1S/C19H24N4O3S/c1-19(2)8-7-14-12(9-19)15(17(24)25)16(27-14)23-18(26)22-13-6-4-3-5-11(13)10-21-20/h3-6,21H,7-10,20H2,1-2H3,(H,24,25)(H2,22,23,26). The van der Waals surface area contributed by atoms with Gasteiger partial charge in [-0.2, -0.15) is 0 Å². The van der Waals surface area contributed by atoms with Crippen LogP contribution >= 0.6 is 11.3 Å². The number of nitrogens with one attached hydrogen (secondary N) is 3. The summed E-state index contributed by atoms with van der Waals surface area (Å²) >= 11 is 1.36. The topological polar surface area (TPSA) is 116 Å². The van der Waals surface area contributed by atoms with Crippen LogP contribution in [0, 0.1) is 5.41 Å². The van der Waals surface area contributed by atoms with Gasteiger partial charge in [-0.25, -0.2) is 9.59 Å². The predicted octanol–water partition coefficient (Wildman–Crippen LogP) is 3.57. The molecule has 0 aliphatic heterocycles.